The van der Waals surface area contributed by atoms with E-state index in [2.05, 4.69) is 17.2 Å². The summed E-state index contributed by atoms with van der Waals surface area (Å²) in [5, 5.41) is 2.85. The molecule has 0 spiro atoms. The largest absolute Gasteiger partial charge is 0.399 e. The Kier molecular flexibility index (Phi) is 5.09. The Morgan fingerprint density at radius 3 is 2.94 bits per heavy atom. The molecule has 1 atom stereocenters. The first-order valence-electron chi connectivity index (χ1n) is 5.68. The maximum atomic E-state index is 11.8. The van der Waals surface area contributed by atoms with E-state index in [1.807, 2.05) is 31.2 Å². The van der Waals surface area contributed by atoms with E-state index in [-0.39, 0.29) is 11.8 Å². The second-order valence-corrected chi connectivity index (χ2v) is 3.86. The average Bonchev–Trinajstić information content (AvgIpc) is 2.33. The van der Waals surface area contributed by atoms with Gasteiger partial charge in [-0.15, -0.1) is 11.8 Å². The monoisotopic (exact) mass is 230 g/mol. The molecule has 0 radical (unpaired) electrons. The lowest BCUT2D eigenvalue weighted by atomic mass is 10.00. The molecule has 0 saturated carbocycles. The Labute approximate surface area is 102 Å². The molecule has 0 aliphatic heterocycles. The van der Waals surface area contributed by atoms with Gasteiger partial charge in [-0.25, -0.2) is 0 Å². The van der Waals surface area contributed by atoms with Gasteiger partial charge in [0.15, 0.2) is 0 Å². The lowest BCUT2D eigenvalue weighted by Gasteiger charge is -2.12. The molecule has 0 saturated heterocycles. The second kappa shape index (κ2) is 6.59. The van der Waals surface area contributed by atoms with Gasteiger partial charge in [-0.1, -0.05) is 12.1 Å². The standard InChI is InChI=1S/C14H18N2O/c1-3-4-5-9-16-14(17)11(2)12-7-6-8-13(15)10-12/h6-8,10-11H,5,9,15H2,1-2H3,(H,16,17). The van der Waals surface area contributed by atoms with E-state index in [0.717, 1.165) is 5.56 Å². The molecule has 3 nitrogen and oxygen atoms in total. The number of rotatable bonds is 4. The van der Waals surface area contributed by atoms with Gasteiger partial charge in [-0.3, -0.25) is 4.79 Å². The van der Waals surface area contributed by atoms with Crippen LogP contribution < -0.4 is 11.1 Å². The van der Waals surface area contributed by atoms with Gasteiger partial charge >= 0.3 is 0 Å². The lowest BCUT2D eigenvalue weighted by molar-refractivity contribution is -0.122. The molecule has 0 aliphatic rings. The summed E-state index contributed by atoms with van der Waals surface area (Å²) in [6.45, 7) is 4.25. The highest BCUT2D eigenvalue weighted by Gasteiger charge is 2.14. The van der Waals surface area contributed by atoms with E-state index < -0.39 is 0 Å². The van der Waals surface area contributed by atoms with Crippen LogP contribution in [-0.2, 0) is 4.79 Å². The predicted octanol–water partition coefficient (Wildman–Crippen LogP) is 1.90. The Morgan fingerprint density at radius 1 is 1.53 bits per heavy atom. The summed E-state index contributed by atoms with van der Waals surface area (Å²) in [5.74, 6) is 5.52. The molecule has 0 aliphatic carbocycles. The Hall–Kier alpha value is -1.95. The van der Waals surface area contributed by atoms with Crippen molar-refractivity contribution < 1.29 is 4.79 Å². The van der Waals surface area contributed by atoms with E-state index >= 15 is 0 Å². The highest BCUT2D eigenvalue weighted by molar-refractivity contribution is 5.83. The molecule has 0 aromatic heterocycles. The number of nitrogens with one attached hydrogen (secondary N) is 1. The minimum Gasteiger partial charge on any atom is -0.399 e. The zero-order valence-electron chi connectivity index (χ0n) is 10.3. The highest BCUT2D eigenvalue weighted by Crippen LogP contribution is 2.17. The van der Waals surface area contributed by atoms with Crippen LogP contribution >= 0.6 is 0 Å². The van der Waals surface area contributed by atoms with E-state index in [4.69, 9.17) is 5.73 Å². The van der Waals surface area contributed by atoms with E-state index in [9.17, 15) is 4.79 Å². The number of anilines is 1. The molecule has 3 N–H and O–H groups in total. The third-order valence-corrected chi connectivity index (χ3v) is 2.53. The number of nitrogens with two attached hydrogens (primary N) is 1. The maximum absolute atomic E-state index is 11.8. The highest BCUT2D eigenvalue weighted by atomic mass is 16.1. The van der Waals surface area contributed by atoms with E-state index in [1.165, 1.54) is 0 Å². The van der Waals surface area contributed by atoms with Gasteiger partial charge in [0, 0.05) is 18.7 Å². The third-order valence-electron chi connectivity index (χ3n) is 2.53. The van der Waals surface area contributed by atoms with Gasteiger partial charge in [0.05, 0.1) is 5.92 Å². The quantitative estimate of drug-likeness (QED) is 0.471. The van der Waals surface area contributed by atoms with Gasteiger partial charge in [0.2, 0.25) is 5.91 Å². The zero-order chi connectivity index (χ0) is 12.7. The molecule has 0 heterocycles. The van der Waals surface area contributed by atoms with Crippen LogP contribution in [0.1, 0.15) is 31.7 Å². The van der Waals surface area contributed by atoms with Crippen molar-refractivity contribution in [2.24, 2.45) is 0 Å². The zero-order valence-corrected chi connectivity index (χ0v) is 10.3. The van der Waals surface area contributed by atoms with Crippen LogP contribution in [0.5, 0.6) is 0 Å². The van der Waals surface area contributed by atoms with Crippen molar-refractivity contribution in [1.29, 1.82) is 0 Å². The van der Waals surface area contributed by atoms with Crippen molar-refractivity contribution in [2.75, 3.05) is 12.3 Å². The Morgan fingerprint density at radius 2 is 2.29 bits per heavy atom. The molecule has 1 amide bonds. The summed E-state index contributed by atoms with van der Waals surface area (Å²) in [6, 6.07) is 7.41. The van der Waals surface area contributed by atoms with Gasteiger partial charge in [0.1, 0.15) is 0 Å². The van der Waals surface area contributed by atoms with Crippen LogP contribution in [0.25, 0.3) is 0 Å². The summed E-state index contributed by atoms with van der Waals surface area (Å²) in [5.41, 5.74) is 7.30. The molecular formula is C14H18N2O. The summed E-state index contributed by atoms with van der Waals surface area (Å²) < 4.78 is 0. The van der Waals surface area contributed by atoms with Gasteiger partial charge in [0.25, 0.3) is 0 Å². The number of carbonyl (C=O) groups is 1. The van der Waals surface area contributed by atoms with Crippen LogP contribution in [0.3, 0.4) is 0 Å². The van der Waals surface area contributed by atoms with Crippen molar-refractivity contribution in [3.05, 3.63) is 29.8 Å². The number of carbonyl (C=O) groups excluding carboxylic acids is 1. The summed E-state index contributed by atoms with van der Waals surface area (Å²) in [7, 11) is 0. The number of nitrogen functional groups attached to an aromatic ring is 1. The molecule has 1 aromatic carbocycles. The van der Waals surface area contributed by atoms with Crippen LogP contribution in [0, 0.1) is 11.8 Å². The first kappa shape index (κ1) is 13.1. The average molecular weight is 230 g/mol. The molecule has 3 heteroatoms. The molecule has 17 heavy (non-hydrogen) atoms. The van der Waals surface area contributed by atoms with Crippen LogP contribution in [0.15, 0.2) is 24.3 Å². The minimum atomic E-state index is -0.187. The van der Waals surface area contributed by atoms with Crippen molar-refractivity contribution in [3.8, 4) is 11.8 Å². The topological polar surface area (TPSA) is 55.1 Å². The van der Waals surface area contributed by atoms with E-state index in [1.54, 1.807) is 6.92 Å². The lowest BCUT2D eigenvalue weighted by Crippen LogP contribution is -2.28. The van der Waals surface area contributed by atoms with Crippen molar-refractivity contribution in [3.63, 3.8) is 0 Å². The first-order chi connectivity index (χ1) is 8.15. The first-order valence-corrected chi connectivity index (χ1v) is 5.68. The fourth-order valence-corrected chi connectivity index (χ4v) is 1.51. The SMILES string of the molecule is CC#CCCNC(=O)C(C)c1cccc(N)c1. The maximum Gasteiger partial charge on any atom is 0.227 e. The fourth-order valence-electron chi connectivity index (χ4n) is 1.51. The molecule has 1 rings (SSSR count). The molecular weight excluding hydrogens is 212 g/mol. The van der Waals surface area contributed by atoms with Crippen molar-refractivity contribution in [2.45, 2.75) is 26.2 Å². The predicted molar refractivity (Wildman–Crippen MR) is 70.3 cm³/mol. The summed E-state index contributed by atoms with van der Waals surface area (Å²) in [4.78, 5) is 11.8. The number of benzene rings is 1. The Bertz CT molecular complexity index is 443. The van der Waals surface area contributed by atoms with Crippen LogP contribution in [0.4, 0.5) is 5.69 Å². The van der Waals surface area contributed by atoms with Gasteiger partial charge in [-0.2, -0.15) is 0 Å². The number of hydrogen-bond donors (Lipinski definition) is 2. The van der Waals surface area contributed by atoms with Gasteiger partial charge < -0.3 is 11.1 Å². The fraction of sp³-hybridized carbons (Fsp3) is 0.357. The van der Waals surface area contributed by atoms with Crippen LogP contribution in [0.2, 0.25) is 0 Å². The minimum absolute atomic E-state index is 0.00787. The molecule has 0 fully saturated rings. The molecule has 1 aromatic rings. The van der Waals surface area contributed by atoms with Gasteiger partial charge in [-0.05, 0) is 31.5 Å². The molecule has 90 valence electrons. The number of amides is 1. The summed E-state index contributed by atoms with van der Waals surface area (Å²) in [6.07, 6.45) is 0.686. The third kappa shape index (κ3) is 4.20. The van der Waals surface area contributed by atoms with Crippen molar-refractivity contribution >= 4 is 11.6 Å². The molecule has 1 unspecified atom stereocenters. The van der Waals surface area contributed by atoms with E-state index in [0.29, 0.717) is 18.7 Å². The van der Waals surface area contributed by atoms with Crippen molar-refractivity contribution in [1.82, 2.24) is 5.32 Å². The smallest absolute Gasteiger partial charge is 0.227 e. The second-order valence-electron chi connectivity index (χ2n) is 3.86. The summed E-state index contributed by atoms with van der Waals surface area (Å²) >= 11 is 0. The number of hydrogen-bond acceptors (Lipinski definition) is 2. The Balaban J connectivity index is 2.53. The normalized spacial score (nSPS) is 11.2. The molecule has 0 bridgehead atoms. The van der Waals surface area contributed by atoms with Crippen LogP contribution in [-0.4, -0.2) is 12.5 Å².